The Labute approximate surface area is 106 Å². The zero-order chi connectivity index (χ0) is 14.1. The largest absolute Gasteiger partial charge is 0.480 e. The maximum atomic E-state index is 11.5. The van der Waals surface area contributed by atoms with E-state index in [1.807, 2.05) is 0 Å². The number of rotatable bonds is 10. The van der Waals surface area contributed by atoms with E-state index in [9.17, 15) is 14.4 Å². The molecule has 0 bridgehead atoms. The lowest BCUT2D eigenvalue weighted by molar-refractivity contribution is -0.138. The summed E-state index contributed by atoms with van der Waals surface area (Å²) in [6.45, 7) is 0. The van der Waals surface area contributed by atoms with Crippen LogP contribution in [0.15, 0.2) is 0 Å². The van der Waals surface area contributed by atoms with E-state index in [0.29, 0.717) is 25.5 Å². The highest BCUT2D eigenvalue weighted by atomic mass is 16.4. The third-order valence-corrected chi connectivity index (χ3v) is 2.66. The van der Waals surface area contributed by atoms with Crippen LogP contribution < -0.4 is 17.2 Å². The highest BCUT2D eigenvalue weighted by Gasteiger charge is 2.17. The molecule has 0 amide bonds. The molecule has 0 fully saturated rings. The van der Waals surface area contributed by atoms with Gasteiger partial charge in [0.25, 0.3) is 0 Å². The van der Waals surface area contributed by atoms with Crippen molar-refractivity contribution < 1.29 is 19.5 Å². The number of aldehydes is 1. The molecule has 0 aliphatic heterocycles. The molecule has 0 aliphatic carbocycles. The van der Waals surface area contributed by atoms with Crippen LogP contribution in [0.2, 0.25) is 0 Å². The number of carbonyl (C=O) groups excluding carboxylic acids is 2. The molecule has 104 valence electrons. The van der Waals surface area contributed by atoms with Crippen LogP contribution in [-0.2, 0) is 14.4 Å². The Bertz CT molecular complexity index is 296. The van der Waals surface area contributed by atoms with Crippen LogP contribution >= 0.6 is 0 Å². The van der Waals surface area contributed by atoms with Gasteiger partial charge in [0.05, 0.1) is 12.1 Å². The minimum Gasteiger partial charge on any atom is -0.480 e. The molecule has 0 radical (unpaired) electrons. The SMILES string of the molecule is NC(CCC[C@H](N)C=O)C(=O)CC[C@H](N)C(=O)O. The van der Waals surface area contributed by atoms with Crippen molar-refractivity contribution in [1.29, 1.82) is 0 Å². The molecule has 3 atom stereocenters. The first-order chi connectivity index (χ1) is 8.38. The number of hydrogen-bond donors (Lipinski definition) is 4. The van der Waals surface area contributed by atoms with Gasteiger partial charge < -0.3 is 27.1 Å². The summed E-state index contributed by atoms with van der Waals surface area (Å²) in [7, 11) is 0. The van der Waals surface area contributed by atoms with Gasteiger partial charge in [0.1, 0.15) is 18.1 Å². The number of Topliss-reactive ketones (excluding diaryl/α,β-unsaturated/α-hetero) is 1. The van der Waals surface area contributed by atoms with E-state index in [-0.39, 0.29) is 18.6 Å². The van der Waals surface area contributed by atoms with Crippen LogP contribution in [0.25, 0.3) is 0 Å². The van der Waals surface area contributed by atoms with Gasteiger partial charge >= 0.3 is 5.97 Å². The monoisotopic (exact) mass is 259 g/mol. The van der Waals surface area contributed by atoms with E-state index in [4.69, 9.17) is 22.3 Å². The zero-order valence-electron chi connectivity index (χ0n) is 10.2. The van der Waals surface area contributed by atoms with Gasteiger partial charge in [-0.2, -0.15) is 0 Å². The Morgan fingerprint density at radius 1 is 1.06 bits per heavy atom. The quantitative estimate of drug-likeness (QED) is 0.359. The lowest BCUT2D eigenvalue weighted by Crippen LogP contribution is -2.35. The van der Waals surface area contributed by atoms with Crippen molar-refractivity contribution >= 4 is 18.0 Å². The summed E-state index contributed by atoms with van der Waals surface area (Å²) in [6, 6.07) is -2.21. The van der Waals surface area contributed by atoms with Gasteiger partial charge in [-0.1, -0.05) is 0 Å². The lowest BCUT2D eigenvalue weighted by atomic mass is 9.99. The molecule has 0 aromatic carbocycles. The molecular weight excluding hydrogens is 238 g/mol. The van der Waals surface area contributed by atoms with Crippen LogP contribution in [0.5, 0.6) is 0 Å². The highest BCUT2D eigenvalue weighted by Crippen LogP contribution is 2.05. The van der Waals surface area contributed by atoms with E-state index < -0.39 is 24.1 Å². The Kier molecular flexibility index (Phi) is 8.10. The highest BCUT2D eigenvalue weighted by molar-refractivity contribution is 5.84. The topological polar surface area (TPSA) is 150 Å². The predicted molar refractivity (Wildman–Crippen MR) is 65.7 cm³/mol. The minimum absolute atomic E-state index is 0.0500. The van der Waals surface area contributed by atoms with E-state index in [0.717, 1.165) is 0 Å². The molecule has 0 heterocycles. The Morgan fingerprint density at radius 2 is 1.67 bits per heavy atom. The zero-order valence-corrected chi connectivity index (χ0v) is 10.2. The number of carbonyl (C=O) groups is 3. The minimum atomic E-state index is -1.13. The number of nitrogens with two attached hydrogens (primary N) is 3. The average Bonchev–Trinajstić information content (AvgIpc) is 2.34. The van der Waals surface area contributed by atoms with Crippen molar-refractivity contribution in [3.05, 3.63) is 0 Å². The van der Waals surface area contributed by atoms with Crippen LogP contribution in [0, 0.1) is 0 Å². The molecule has 0 saturated heterocycles. The molecule has 0 aromatic rings. The standard InChI is InChI=1S/C11H21N3O4/c12-7(6-15)2-1-3-8(13)10(16)5-4-9(14)11(17)18/h6-9H,1-5,12-14H2,(H,17,18)/t7-,8?,9-/m0/s1. The van der Waals surface area contributed by atoms with Crippen molar-refractivity contribution in [3.63, 3.8) is 0 Å². The molecule has 7 nitrogen and oxygen atoms in total. The molecule has 0 aliphatic rings. The number of carboxylic acid groups (broad SMARTS) is 1. The molecule has 0 spiro atoms. The van der Waals surface area contributed by atoms with Crippen molar-refractivity contribution in [3.8, 4) is 0 Å². The normalized spacial score (nSPS) is 15.7. The van der Waals surface area contributed by atoms with Crippen molar-refractivity contribution in [1.82, 2.24) is 0 Å². The average molecular weight is 259 g/mol. The molecule has 0 rings (SSSR count). The summed E-state index contributed by atoms with van der Waals surface area (Å²) in [6.07, 6.45) is 2.28. The fourth-order valence-electron chi connectivity index (χ4n) is 1.41. The van der Waals surface area contributed by atoms with Crippen LogP contribution in [0.4, 0.5) is 0 Å². The first-order valence-electron chi connectivity index (χ1n) is 5.86. The summed E-state index contributed by atoms with van der Waals surface area (Å²) in [5.41, 5.74) is 16.3. The maximum Gasteiger partial charge on any atom is 0.320 e. The smallest absolute Gasteiger partial charge is 0.320 e. The Balaban J connectivity index is 3.82. The van der Waals surface area contributed by atoms with Crippen LogP contribution in [-0.4, -0.2) is 41.3 Å². The summed E-state index contributed by atoms with van der Waals surface area (Å²) in [5.74, 6) is -1.35. The molecule has 0 saturated carbocycles. The molecule has 7 N–H and O–H groups in total. The van der Waals surface area contributed by atoms with Gasteiger partial charge in [-0.15, -0.1) is 0 Å². The third-order valence-electron chi connectivity index (χ3n) is 2.66. The van der Waals surface area contributed by atoms with Gasteiger partial charge in [-0.25, -0.2) is 0 Å². The Morgan fingerprint density at radius 3 is 2.17 bits per heavy atom. The first kappa shape index (κ1) is 16.7. The van der Waals surface area contributed by atoms with E-state index in [1.165, 1.54) is 0 Å². The van der Waals surface area contributed by atoms with Crippen molar-refractivity contribution in [2.45, 2.75) is 50.2 Å². The number of ketones is 1. The molecular formula is C11H21N3O4. The van der Waals surface area contributed by atoms with E-state index in [2.05, 4.69) is 0 Å². The summed E-state index contributed by atoms with van der Waals surface area (Å²) < 4.78 is 0. The molecule has 7 heteroatoms. The number of carboxylic acids is 1. The summed E-state index contributed by atoms with van der Waals surface area (Å²) in [5, 5.41) is 8.55. The van der Waals surface area contributed by atoms with E-state index in [1.54, 1.807) is 0 Å². The Hall–Kier alpha value is -1.31. The third kappa shape index (κ3) is 7.10. The van der Waals surface area contributed by atoms with E-state index >= 15 is 0 Å². The second-order valence-corrected chi connectivity index (χ2v) is 4.29. The fraction of sp³-hybridized carbons (Fsp3) is 0.727. The number of aliphatic carboxylic acids is 1. The van der Waals surface area contributed by atoms with Gasteiger partial charge in [0.2, 0.25) is 0 Å². The predicted octanol–water partition coefficient (Wildman–Crippen LogP) is -1.23. The summed E-state index contributed by atoms with van der Waals surface area (Å²) in [4.78, 5) is 32.3. The first-order valence-corrected chi connectivity index (χ1v) is 5.86. The molecule has 18 heavy (non-hydrogen) atoms. The number of hydrogen-bond acceptors (Lipinski definition) is 6. The van der Waals surface area contributed by atoms with Gasteiger partial charge in [-0.05, 0) is 25.7 Å². The second-order valence-electron chi connectivity index (χ2n) is 4.29. The maximum absolute atomic E-state index is 11.5. The fourth-order valence-corrected chi connectivity index (χ4v) is 1.41. The summed E-state index contributed by atoms with van der Waals surface area (Å²) >= 11 is 0. The van der Waals surface area contributed by atoms with Crippen LogP contribution in [0.3, 0.4) is 0 Å². The molecule has 0 aromatic heterocycles. The van der Waals surface area contributed by atoms with Gasteiger partial charge in [0.15, 0.2) is 0 Å². The van der Waals surface area contributed by atoms with Gasteiger partial charge in [0, 0.05) is 6.42 Å². The van der Waals surface area contributed by atoms with Crippen molar-refractivity contribution in [2.75, 3.05) is 0 Å². The van der Waals surface area contributed by atoms with Crippen LogP contribution in [0.1, 0.15) is 32.1 Å². The van der Waals surface area contributed by atoms with Crippen molar-refractivity contribution in [2.24, 2.45) is 17.2 Å². The molecule has 1 unspecified atom stereocenters. The lowest BCUT2D eigenvalue weighted by Gasteiger charge is -2.12. The second kappa shape index (κ2) is 8.73. The van der Waals surface area contributed by atoms with Gasteiger partial charge in [-0.3, -0.25) is 9.59 Å².